The first-order chi connectivity index (χ1) is 13.6. The highest BCUT2D eigenvalue weighted by molar-refractivity contribution is 5.86. The molecule has 3 rings (SSSR count). The van der Waals surface area contributed by atoms with Gasteiger partial charge in [0.1, 0.15) is 5.75 Å². The van der Waals surface area contributed by atoms with Crippen LogP contribution in [-0.4, -0.2) is 33.1 Å². The third kappa shape index (κ3) is 5.46. The van der Waals surface area contributed by atoms with E-state index >= 15 is 0 Å². The molecule has 9 heteroatoms. The van der Waals surface area contributed by atoms with Gasteiger partial charge in [0, 0.05) is 23.8 Å². The van der Waals surface area contributed by atoms with Crippen molar-refractivity contribution < 1.29 is 22.7 Å². The van der Waals surface area contributed by atoms with Gasteiger partial charge in [-0.2, -0.15) is 5.10 Å². The summed E-state index contributed by atoms with van der Waals surface area (Å²) < 4.78 is 42.9. The second kappa shape index (κ2) is 8.10. The highest BCUT2D eigenvalue weighted by Gasteiger charge is 2.31. The number of nitrogens with one attached hydrogen (secondary N) is 1. The number of carbonyl (C=O) groups is 1. The molecule has 1 aromatic carbocycles. The molecule has 0 bridgehead atoms. The zero-order chi connectivity index (χ0) is 21.2. The smallest absolute Gasteiger partial charge is 0.406 e. The summed E-state index contributed by atoms with van der Waals surface area (Å²) in [6, 6.07) is 6.28. The number of carbonyl (C=O) groups excluding carboxylic acids is 1. The van der Waals surface area contributed by atoms with Crippen LogP contribution >= 0.6 is 0 Å². The number of fused-ring (bicyclic) bond motifs is 1. The summed E-state index contributed by atoms with van der Waals surface area (Å²) in [4.78, 5) is 16.4. The van der Waals surface area contributed by atoms with Crippen LogP contribution in [0.2, 0.25) is 0 Å². The third-order valence-electron chi connectivity index (χ3n) is 4.15. The Morgan fingerprint density at radius 2 is 2.03 bits per heavy atom. The van der Waals surface area contributed by atoms with Crippen LogP contribution in [-0.2, 0) is 17.8 Å². The number of hydrogen-bond donors (Lipinski definition) is 1. The molecule has 6 nitrogen and oxygen atoms in total. The molecule has 154 valence electrons. The molecule has 0 spiro atoms. The minimum atomic E-state index is -4.72. The van der Waals surface area contributed by atoms with E-state index in [-0.39, 0.29) is 24.1 Å². The predicted molar refractivity (Wildman–Crippen MR) is 101 cm³/mol. The monoisotopic (exact) mass is 406 g/mol. The van der Waals surface area contributed by atoms with Gasteiger partial charge >= 0.3 is 6.36 Å². The van der Waals surface area contributed by atoms with Crippen molar-refractivity contribution in [2.45, 2.75) is 46.1 Å². The van der Waals surface area contributed by atoms with Crippen LogP contribution in [0.3, 0.4) is 0 Å². The molecule has 0 aliphatic rings. The summed E-state index contributed by atoms with van der Waals surface area (Å²) in [7, 11) is 0. The van der Waals surface area contributed by atoms with E-state index in [0.29, 0.717) is 23.3 Å². The quantitative estimate of drug-likeness (QED) is 0.677. The molecule has 1 amide bonds. The highest BCUT2D eigenvalue weighted by Crippen LogP contribution is 2.27. The topological polar surface area (TPSA) is 69.0 Å². The van der Waals surface area contributed by atoms with E-state index < -0.39 is 6.36 Å². The van der Waals surface area contributed by atoms with Gasteiger partial charge in [-0.1, -0.05) is 12.1 Å². The molecule has 2 aromatic heterocycles. The summed E-state index contributed by atoms with van der Waals surface area (Å²) in [5.74, 6) is -0.349. The van der Waals surface area contributed by atoms with Crippen molar-refractivity contribution in [2.75, 3.05) is 0 Å². The zero-order valence-electron chi connectivity index (χ0n) is 16.2. The Morgan fingerprint density at radius 3 is 2.69 bits per heavy atom. The lowest BCUT2D eigenvalue weighted by molar-refractivity contribution is -0.274. The van der Waals surface area contributed by atoms with Crippen LogP contribution < -0.4 is 10.1 Å². The molecule has 0 fully saturated rings. The fraction of sp³-hybridized carbons (Fsp3) is 0.350. The van der Waals surface area contributed by atoms with Crippen molar-refractivity contribution in [2.24, 2.45) is 0 Å². The fourth-order valence-corrected chi connectivity index (χ4v) is 3.03. The normalized spacial score (nSPS) is 11.8. The number of pyridine rings is 1. The van der Waals surface area contributed by atoms with E-state index in [2.05, 4.69) is 20.1 Å². The second-order valence-electron chi connectivity index (χ2n) is 7.06. The van der Waals surface area contributed by atoms with Gasteiger partial charge < -0.3 is 10.1 Å². The van der Waals surface area contributed by atoms with Gasteiger partial charge in [-0.05, 0) is 44.0 Å². The number of nitrogens with zero attached hydrogens (tertiary/aromatic N) is 3. The summed E-state index contributed by atoms with van der Waals surface area (Å²) in [6.45, 7) is 5.69. The van der Waals surface area contributed by atoms with Crippen molar-refractivity contribution in [1.82, 2.24) is 20.1 Å². The van der Waals surface area contributed by atoms with E-state index in [1.807, 2.05) is 13.8 Å². The van der Waals surface area contributed by atoms with Crippen LogP contribution in [0.25, 0.3) is 10.9 Å². The number of aryl methyl sites for hydroxylation is 1. The minimum absolute atomic E-state index is 0.0389. The molecular weight excluding hydrogens is 385 g/mol. The molecule has 1 N–H and O–H groups in total. The number of halogens is 3. The van der Waals surface area contributed by atoms with Crippen LogP contribution in [0.4, 0.5) is 13.2 Å². The maximum Gasteiger partial charge on any atom is 0.573 e. The lowest BCUT2D eigenvalue weighted by Gasteiger charge is -2.12. The molecule has 0 saturated heterocycles. The van der Waals surface area contributed by atoms with Crippen molar-refractivity contribution in [1.29, 1.82) is 0 Å². The first-order valence-corrected chi connectivity index (χ1v) is 9.06. The summed E-state index contributed by atoms with van der Waals surface area (Å²) in [5.41, 5.74) is 2.47. The van der Waals surface area contributed by atoms with Gasteiger partial charge in [-0.3, -0.25) is 14.5 Å². The average molecular weight is 406 g/mol. The van der Waals surface area contributed by atoms with Crippen LogP contribution in [0, 0.1) is 6.92 Å². The predicted octanol–water partition coefficient (Wildman–Crippen LogP) is 3.75. The maximum absolute atomic E-state index is 12.4. The summed E-state index contributed by atoms with van der Waals surface area (Å²) in [5, 5.41) is 8.08. The Kier molecular flexibility index (Phi) is 5.76. The largest absolute Gasteiger partial charge is 0.573 e. The average Bonchev–Trinajstić information content (AvgIpc) is 2.99. The van der Waals surface area contributed by atoms with Crippen molar-refractivity contribution in [3.8, 4) is 5.75 Å². The van der Waals surface area contributed by atoms with Gasteiger partial charge in [-0.25, -0.2) is 0 Å². The molecule has 29 heavy (non-hydrogen) atoms. The van der Waals surface area contributed by atoms with Gasteiger partial charge in [0.25, 0.3) is 0 Å². The van der Waals surface area contributed by atoms with Crippen molar-refractivity contribution in [3.63, 3.8) is 0 Å². The number of rotatable bonds is 6. The van der Waals surface area contributed by atoms with Crippen LogP contribution in [0.5, 0.6) is 5.75 Å². The van der Waals surface area contributed by atoms with Gasteiger partial charge in [0.15, 0.2) is 0 Å². The molecule has 0 radical (unpaired) electrons. The maximum atomic E-state index is 12.4. The molecular formula is C20H21F3N4O2. The van der Waals surface area contributed by atoms with Crippen molar-refractivity contribution >= 4 is 16.8 Å². The summed E-state index contributed by atoms with van der Waals surface area (Å²) >= 11 is 0. The zero-order valence-corrected chi connectivity index (χ0v) is 16.2. The molecule has 0 saturated carbocycles. The lowest BCUT2D eigenvalue weighted by atomic mass is 10.1. The van der Waals surface area contributed by atoms with Gasteiger partial charge in [-0.15, -0.1) is 13.2 Å². The Hall–Kier alpha value is -3.10. The second-order valence-corrected chi connectivity index (χ2v) is 7.06. The first kappa shape index (κ1) is 20.6. The fourth-order valence-electron chi connectivity index (χ4n) is 3.03. The highest BCUT2D eigenvalue weighted by atomic mass is 19.4. The van der Waals surface area contributed by atoms with Gasteiger partial charge in [0.2, 0.25) is 5.91 Å². The number of amides is 1. The SMILES string of the molecule is Cc1cc(Cn2cc3c(CC(=O)NC(C)C)nccc3n2)ccc1OC(F)(F)F. The number of alkyl halides is 3. The van der Waals surface area contributed by atoms with E-state index in [1.165, 1.54) is 6.07 Å². The molecule has 2 heterocycles. The number of hydrogen-bond acceptors (Lipinski definition) is 4. The standard InChI is InChI=1S/C20H21F3N4O2/c1-12(2)25-19(28)9-17-15-11-27(26-16(15)6-7-24-17)10-14-4-5-18(13(3)8-14)29-20(21,22)23/h4-8,11-12H,9-10H2,1-3H3,(H,25,28). The number of aromatic nitrogens is 3. The van der Waals surface area contributed by atoms with Gasteiger partial charge in [0.05, 0.1) is 24.2 Å². The third-order valence-corrected chi connectivity index (χ3v) is 4.15. The van der Waals surface area contributed by atoms with E-state index in [4.69, 9.17) is 0 Å². The molecule has 3 aromatic rings. The number of benzene rings is 1. The molecule has 0 aliphatic carbocycles. The minimum Gasteiger partial charge on any atom is -0.406 e. The molecule has 0 aliphatic heterocycles. The van der Waals surface area contributed by atoms with Crippen LogP contribution in [0.15, 0.2) is 36.7 Å². The van der Waals surface area contributed by atoms with E-state index in [1.54, 1.807) is 42.2 Å². The van der Waals surface area contributed by atoms with E-state index in [9.17, 15) is 18.0 Å². The Balaban J connectivity index is 1.80. The van der Waals surface area contributed by atoms with Crippen molar-refractivity contribution in [3.05, 3.63) is 53.5 Å². The lowest BCUT2D eigenvalue weighted by Crippen LogP contribution is -2.31. The Bertz CT molecular complexity index is 1030. The Labute approximate surface area is 165 Å². The number of ether oxygens (including phenoxy) is 1. The van der Waals surface area contributed by atoms with Crippen LogP contribution in [0.1, 0.15) is 30.7 Å². The molecule has 0 unspecified atom stereocenters. The first-order valence-electron chi connectivity index (χ1n) is 9.06. The van der Waals surface area contributed by atoms with E-state index in [0.717, 1.165) is 10.9 Å². The molecule has 0 atom stereocenters. The summed E-state index contributed by atoms with van der Waals surface area (Å²) in [6.07, 6.45) is -1.19. The Morgan fingerprint density at radius 1 is 1.28 bits per heavy atom.